The average Bonchev–Trinajstić information content (AvgIpc) is 3.20. The van der Waals surface area contributed by atoms with Crippen LogP contribution in [-0.2, 0) is 11.0 Å². The van der Waals surface area contributed by atoms with Crippen LogP contribution >= 0.6 is 0 Å². The number of amides is 1. The second-order valence-electron chi connectivity index (χ2n) is 6.34. The van der Waals surface area contributed by atoms with Crippen molar-refractivity contribution in [1.29, 1.82) is 0 Å². The van der Waals surface area contributed by atoms with Crippen molar-refractivity contribution in [2.75, 3.05) is 19.0 Å². The molecule has 0 saturated heterocycles. The molecule has 31 heavy (non-hydrogen) atoms. The number of anilines is 1. The van der Waals surface area contributed by atoms with Crippen LogP contribution in [-0.4, -0.2) is 34.0 Å². The van der Waals surface area contributed by atoms with Crippen molar-refractivity contribution < 1.29 is 27.6 Å². The first-order valence-corrected chi connectivity index (χ1v) is 8.73. The van der Waals surface area contributed by atoms with E-state index in [0.29, 0.717) is 11.4 Å². The molecule has 0 unspecified atom stereocenters. The number of primary amides is 1. The molecule has 0 fully saturated rings. The molecule has 9 nitrogen and oxygen atoms in total. The Morgan fingerprint density at radius 1 is 1.29 bits per heavy atom. The van der Waals surface area contributed by atoms with Crippen molar-refractivity contribution in [2.45, 2.75) is 6.18 Å². The number of aromatic nitrogens is 2. The molecule has 162 valence electrons. The second kappa shape index (κ2) is 8.34. The minimum atomic E-state index is -4.62. The van der Waals surface area contributed by atoms with Gasteiger partial charge in [0, 0.05) is 30.9 Å². The number of rotatable bonds is 7. The number of non-ortho nitro benzene ring substituents is 1. The highest BCUT2D eigenvalue weighted by atomic mass is 19.4. The quantitative estimate of drug-likeness (QED) is 0.433. The summed E-state index contributed by atoms with van der Waals surface area (Å²) in [6, 6.07) is 6.96. The number of nitro groups is 1. The van der Waals surface area contributed by atoms with Crippen LogP contribution in [0.1, 0.15) is 5.56 Å². The average molecular weight is 435 g/mol. The molecule has 0 aliphatic rings. The maximum atomic E-state index is 13.1. The summed E-state index contributed by atoms with van der Waals surface area (Å²) >= 11 is 0. The zero-order valence-electron chi connectivity index (χ0n) is 16.0. The van der Waals surface area contributed by atoms with E-state index in [4.69, 9.17) is 10.5 Å². The summed E-state index contributed by atoms with van der Waals surface area (Å²) in [5.41, 5.74) is 5.30. The van der Waals surface area contributed by atoms with E-state index in [1.54, 1.807) is 7.05 Å². The highest BCUT2D eigenvalue weighted by Crippen LogP contribution is 2.37. The number of hydrogen-bond donors (Lipinski definition) is 2. The SMILES string of the molecule is CNc1ccc([N+](=O)[O-])cc1-n1cnc(-c2ccc(C(F)(F)F)cc2OCC(N)=O)c1. The lowest BCUT2D eigenvalue weighted by Gasteiger charge is -2.13. The predicted molar refractivity (Wildman–Crippen MR) is 105 cm³/mol. The van der Waals surface area contributed by atoms with Gasteiger partial charge in [-0.05, 0) is 24.3 Å². The van der Waals surface area contributed by atoms with Gasteiger partial charge in [-0.15, -0.1) is 0 Å². The van der Waals surface area contributed by atoms with Crippen LogP contribution < -0.4 is 15.8 Å². The van der Waals surface area contributed by atoms with E-state index in [2.05, 4.69) is 10.3 Å². The van der Waals surface area contributed by atoms with Crippen molar-refractivity contribution in [3.8, 4) is 22.7 Å². The van der Waals surface area contributed by atoms with Gasteiger partial charge in [-0.3, -0.25) is 14.9 Å². The van der Waals surface area contributed by atoms with Crippen LogP contribution in [0.15, 0.2) is 48.9 Å². The highest BCUT2D eigenvalue weighted by molar-refractivity contribution is 5.76. The lowest BCUT2D eigenvalue weighted by molar-refractivity contribution is -0.384. The zero-order valence-corrected chi connectivity index (χ0v) is 16.0. The van der Waals surface area contributed by atoms with Crippen LogP contribution in [0.2, 0.25) is 0 Å². The number of carbonyl (C=O) groups excluding carboxylic acids is 1. The lowest BCUT2D eigenvalue weighted by Crippen LogP contribution is -2.20. The Labute approximate surface area is 173 Å². The Balaban J connectivity index is 2.07. The molecule has 12 heteroatoms. The van der Waals surface area contributed by atoms with Gasteiger partial charge in [0.2, 0.25) is 0 Å². The maximum absolute atomic E-state index is 13.1. The topological polar surface area (TPSA) is 125 Å². The summed E-state index contributed by atoms with van der Waals surface area (Å²) in [4.78, 5) is 25.8. The minimum Gasteiger partial charge on any atom is -0.483 e. The fraction of sp³-hybridized carbons (Fsp3) is 0.158. The Hall–Kier alpha value is -4.09. The van der Waals surface area contributed by atoms with Gasteiger partial charge >= 0.3 is 6.18 Å². The summed E-state index contributed by atoms with van der Waals surface area (Å²) < 4.78 is 45.9. The number of alkyl halides is 3. The van der Waals surface area contributed by atoms with Crippen LogP contribution in [0.3, 0.4) is 0 Å². The first-order chi connectivity index (χ1) is 14.6. The van der Waals surface area contributed by atoms with E-state index in [1.165, 1.54) is 35.3 Å². The first kappa shape index (κ1) is 21.6. The van der Waals surface area contributed by atoms with Gasteiger partial charge in [-0.25, -0.2) is 4.98 Å². The summed E-state index contributed by atoms with van der Waals surface area (Å²) in [5, 5.41) is 14.0. The van der Waals surface area contributed by atoms with Gasteiger partial charge in [0.15, 0.2) is 6.61 Å². The van der Waals surface area contributed by atoms with Crippen molar-refractivity contribution in [1.82, 2.24) is 9.55 Å². The number of nitro benzene ring substituents is 1. The Bertz CT molecular complexity index is 1140. The predicted octanol–water partition coefficient (Wildman–Crippen LogP) is 3.37. The van der Waals surface area contributed by atoms with Gasteiger partial charge < -0.3 is 20.4 Å². The summed E-state index contributed by atoms with van der Waals surface area (Å²) in [7, 11) is 1.63. The summed E-state index contributed by atoms with van der Waals surface area (Å²) in [6.45, 7) is -0.621. The molecule has 2 aromatic carbocycles. The molecule has 0 bridgehead atoms. The molecule has 3 rings (SSSR count). The molecule has 1 aromatic heterocycles. The van der Waals surface area contributed by atoms with E-state index in [9.17, 15) is 28.1 Å². The molecule has 0 atom stereocenters. The number of nitrogens with zero attached hydrogens (tertiary/aromatic N) is 3. The van der Waals surface area contributed by atoms with Gasteiger partial charge in [0.05, 0.1) is 33.9 Å². The number of nitrogens with one attached hydrogen (secondary N) is 1. The fourth-order valence-electron chi connectivity index (χ4n) is 2.83. The Morgan fingerprint density at radius 2 is 2.03 bits per heavy atom. The van der Waals surface area contributed by atoms with Crippen molar-refractivity contribution in [3.05, 3.63) is 64.6 Å². The molecule has 0 aliphatic heterocycles. The summed E-state index contributed by atoms with van der Waals surface area (Å²) in [6.07, 6.45) is -1.79. The maximum Gasteiger partial charge on any atom is 0.416 e. The largest absolute Gasteiger partial charge is 0.483 e. The minimum absolute atomic E-state index is 0.149. The van der Waals surface area contributed by atoms with Gasteiger partial charge in [0.1, 0.15) is 5.75 Å². The third-order valence-corrected chi connectivity index (χ3v) is 4.28. The molecule has 1 heterocycles. The standard InChI is InChI=1S/C19H16F3N5O4/c1-24-14-5-3-12(27(29)30)7-16(14)26-8-15(25-10-26)13-4-2-11(19(20,21)22)6-17(13)31-9-18(23)28/h2-8,10,24H,9H2,1H3,(H2,23,28). The molecule has 0 aliphatic carbocycles. The van der Waals surface area contributed by atoms with E-state index in [-0.39, 0.29) is 22.7 Å². The molecule has 0 radical (unpaired) electrons. The van der Waals surface area contributed by atoms with Crippen LogP contribution in [0.25, 0.3) is 16.9 Å². The van der Waals surface area contributed by atoms with Crippen molar-refractivity contribution >= 4 is 17.3 Å². The second-order valence-corrected chi connectivity index (χ2v) is 6.34. The van der Waals surface area contributed by atoms with E-state index < -0.39 is 29.2 Å². The van der Waals surface area contributed by atoms with E-state index in [1.807, 2.05) is 0 Å². The monoisotopic (exact) mass is 435 g/mol. The van der Waals surface area contributed by atoms with Gasteiger partial charge in [-0.1, -0.05) is 0 Å². The Kier molecular flexibility index (Phi) is 5.81. The molecular weight excluding hydrogens is 419 g/mol. The van der Waals surface area contributed by atoms with E-state index in [0.717, 1.165) is 18.2 Å². The van der Waals surface area contributed by atoms with Crippen LogP contribution in [0.5, 0.6) is 5.75 Å². The third-order valence-electron chi connectivity index (χ3n) is 4.28. The third kappa shape index (κ3) is 4.74. The smallest absolute Gasteiger partial charge is 0.416 e. The number of halogens is 3. The Morgan fingerprint density at radius 3 is 2.65 bits per heavy atom. The highest BCUT2D eigenvalue weighted by Gasteiger charge is 2.31. The molecular formula is C19H16F3N5O4. The number of ether oxygens (including phenoxy) is 1. The van der Waals surface area contributed by atoms with Crippen molar-refractivity contribution in [3.63, 3.8) is 0 Å². The number of imidazole rings is 1. The molecule has 3 N–H and O–H groups in total. The number of benzene rings is 2. The fourth-order valence-corrected chi connectivity index (χ4v) is 2.83. The molecule has 1 amide bonds. The van der Waals surface area contributed by atoms with E-state index >= 15 is 0 Å². The normalized spacial score (nSPS) is 11.2. The molecule has 0 spiro atoms. The first-order valence-electron chi connectivity index (χ1n) is 8.73. The van der Waals surface area contributed by atoms with Crippen molar-refractivity contribution in [2.24, 2.45) is 5.73 Å². The molecule has 0 saturated carbocycles. The number of carbonyl (C=O) groups is 1. The number of hydrogen-bond acceptors (Lipinski definition) is 6. The zero-order chi connectivity index (χ0) is 22.8. The summed E-state index contributed by atoms with van der Waals surface area (Å²) in [5.74, 6) is -1.09. The number of nitrogens with two attached hydrogens (primary N) is 1. The van der Waals surface area contributed by atoms with Gasteiger partial charge in [-0.2, -0.15) is 13.2 Å². The van der Waals surface area contributed by atoms with Crippen LogP contribution in [0, 0.1) is 10.1 Å². The molecule has 3 aromatic rings. The van der Waals surface area contributed by atoms with Crippen LogP contribution in [0.4, 0.5) is 24.5 Å². The van der Waals surface area contributed by atoms with Gasteiger partial charge in [0.25, 0.3) is 11.6 Å². The lowest BCUT2D eigenvalue weighted by atomic mass is 10.1.